The SMILES string of the molecule is CC1(CN2CCCC2)CC=CN(CN2CCNCC2)C1(CN1CCCCC1)CN1CCOCC1. The molecule has 0 aromatic carbocycles. The summed E-state index contributed by atoms with van der Waals surface area (Å²) in [6.45, 7) is 20.9. The van der Waals surface area contributed by atoms with Crippen LogP contribution >= 0.6 is 0 Å². The van der Waals surface area contributed by atoms with Crippen molar-refractivity contribution in [3.05, 3.63) is 12.3 Å². The standard InChI is InChI=1S/C27H50N6O/c1-26(22-29-13-5-6-14-29)8-7-15-33(25-32-16-9-28-10-17-32)27(26,23-30-11-3-2-4-12-30)24-31-18-20-34-21-19-31/h7,15,28H,2-6,8-14,16-25H2,1H3. The third-order valence-electron chi connectivity index (χ3n) is 9.38. The minimum atomic E-state index is 0.115. The van der Waals surface area contributed by atoms with E-state index in [0.717, 1.165) is 65.7 Å². The van der Waals surface area contributed by atoms with Gasteiger partial charge >= 0.3 is 0 Å². The second-order valence-corrected chi connectivity index (χ2v) is 11.9. The molecule has 2 unspecified atom stereocenters. The van der Waals surface area contributed by atoms with Crippen molar-refractivity contribution in [3.8, 4) is 0 Å². The molecule has 4 saturated heterocycles. The van der Waals surface area contributed by atoms with E-state index < -0.39 is 0 Å². The molecule has 1 N–H and O–H groups in total. The zero-order valence-electron chi connectivity index (χ0n) is 21.9. The van der Waals surface area contributed by atoms with Gasteiger partial charge in [0.1, 0.15) is 0 Å². The zero-order valence-corrected chi connectivity index (χ0v) is 21.9. The zero-order chi connectivity index (χ0) is 23.3. The van der Waals surface area contributed by atoms with Crippen LogP contribution in [0, 0.1) is 5.41 Å². The summed E-state index contributed by atoms with van der Waals surface area (Å²) >= 11 is 0. The fraction of sp³-hybridized carbons (Fsp3) is 0.926. The van der Waals surface area contributed by atoms with Crippen LogP contribution in [-0.4, -0.2) is 135 Å². The second-order valence-electron chi connectivity index (χ2n) is 11.9. The van der Waals surface area contributed by atoms with Crippen LogP contribution in [-0.2, 0) is 4.74 Å². The van der Waals surface area contributed by atoms with E-state index in [1.54, 1.807) is 0 Å². The highest BCUT2D eigenvalue weighted by atomic mass is 16.5. The van der Waals surface area contributed by atoms with Gasteiger partial charge in [-0.2, -0.15) is 0 Å². The first kappa shape index (κ1) is 25.0. The number of piperazine rings is 1. The number of rotatable bonds is 8. The van der Waals surface area contributed by atoms with E-state index in [0.29, 0.717) is 0 Å². The summed E-state index contributed by atoms with van der Waals surface area (Å²) in [6, 6.07) is 0. The molecular formula is C27H50N6O. The van der Waals surface area contributed by atoms with Crippen molar-refractivity contribution in [2.75, 3.05) is 105 Å². The van der Waals surface area contributed by atoms with Crippen molar-refractivity contribution in [1.82, 2.24) is 29.8 Å². The molecule has 5 rings (SSSR count). The van der Waals surface area contributed by atoms with Gasteiger partial charge in [0.2, 0.25) is 0 Å². The molecule has 5 heterocycles. The Morgan fingerprint density at radius 3 is 1.97 bits per heavy atom. The number of morpholine rings is 1. The Labute approximate surface area is 208 Å². The van der Waals surface area contributed by atoms with E-state index in [1.165, 1.54) is 77.8 Å². The van der Waals surface area contributed by atoms with Crippen LogP contribution in [0.25, 0.3) is 0 Å². The predicted octanol–water partition coefficient (Wildman–Crippen LogP) is 1.73. The van der Waals surface area contributed by atoms with Gasteiger partial charge in [-0.1, -0.05) is 19.4 Å². The molecule has 0 saturated carbocycles. The molecular weight excluding hydrogens is 424 g/mol. The molecule has 194 valence electrons. The number of piperidine rings is 1. The highest BCUT2D eigenvalue weighted by molar-refractivity contribution is 5.17. The summed E-state index contributed by atoms with van der Waals surface area (Å²) in [7, 11) is 0. The lowest BCUT2D eigenvalue weighted by atomic mass is 9.64. The van der Waals surface area contributed by atoms with Gasteiger partial charge in [0.05, 0.1) is 25.4 Å². The maximum absolute atomic E-state index is 5.78. The lowest BCUT2D eigenvalue weighted by molar-refractivity contribution is -0.0971. The first-order chi connectivity index (χ1) is 16.7. The molecule has 2 atom stereocenters. The molecule has 0 aromatic heterocycles. The summed E-state index contributed by atoms with van der Waals surface area (Å²) in [4.78, 5) is 13.9. The van der Waals surface area contributed by atoms with Gasteiger partial charge in [-0.3, -0.25) is 9.80 Å². The first-order valence-corrected chi connectivity index (χ1v) is 14.3. The third-order valence-corrected chi connectivity index (χ3v) is 9.38. The Bertz CT molecular complexity index is 630. The van der Waals surface area contributed by atoms with Gasteiger partial charge in [-0.05, 0) is 64.5 Å². The van der Waals surface area contributed by atoms with Gasteiger partial charge in [0.25, 0.3) is 0 Å². The molecule has 0 bridgehead atoms. The Kier molecular flexibility index (Phi) is 8.50. The van der Waals surface area contributed by atoms with E-state index in [-0.39, 0.29) is 11.0 Å². The van der Waals surface area contributed by atoms with Crippen molar-refractivity contribution in [2.45, 2.75) is 51.0 Å². The van der Waals surface area contributed by atoms with Crippen LogP contribution in [0.15, 0.2) is 12.3 Å². The Morgan fingerprint density at radius 1 is 0.706 bits per heavy atom. The number of nitrogens with zero attached hydrogens (tertiary/aromatic N) is 5. The van der Waals surface area contributed by atoms with Gasteiger partial charge < -0.3 is 24.8 Å². The normalized spacial score (nSPS) is 35.3. The summed E-state index contributed by atoms with van der Waals surface area (Å²) < 4.78 is 5.78. The molecule has 34 heavy (non-hydrogen) atoms. The molecule has 0 aromatic rings. The van der Waals surface area contributed by atoms with Gasteiger partial charge in [0.15, 0.2) is 0 Å². The van der Waals surface area contributed by atoms with Crippen LogP contribution in [0.4, 0.5) is 0 Å². The van der Waals surface area contributed by atoms with E-state index in [4.69, 9.17) is 4.74 Å². The van der Waals surface area contributed by atoms with Crippen molar-refractivity contribution < 1.29 is 4.74 Å². The Hall–Kier alpha value is -0.700. The molecule has 0 spiro atoms. The number of ether oxygens (including phenoxy) is 1. The molecule has 4 fully saturated rings. The second kappa shape index (κ2) is 11.6. The fourth-order valence-corrected chi connectivity index (χ4v) is 7.25. The number of likely N-dealkylation sites (tertiary alicyclic amines) is 2. The predicted molar refractivity (Wildman–Crippen MR) is 139 cm³/mol. The molecule has 5 aliphatic heterocycles. The minimum Gasteiger partial charge on any atom is -0.379 e. The van der Waals surface area contributed by atoms with Crippen LogP contribution in [0.3, 0.4) is 0 Å². The highest BCUT2D eigenvalue weighted by Crippen LogP contribution is 2.46. The van der Waals surface area contributed by atoms with E-state index >= 15 is 0 Å². The molecule has 5 aliphatic rings. The molecule has 7 heteroatoms. The molecule has 0 amide bonds. The van der Waals surface area contributed by atoms with Crippen LogP contribution in [0.5, 0.6) is 0 Å². The average molecular weight is 475 g/mol. The topological polar surface area (TPSA) is 37.5 Å². The minimum absolute atomic E-state index is 0.115. The van der Waals surface area contributed by atoms with Gasteiger partial charge in [-0.25, -0.2) is 0 Å². The van der Waals surface area contributed by atoms with Crippen molar-refractivity contribution in [3.63, 3.8) is 0 Å². The average Bonchev–Trinajstić information content (AvgIpc) is 3.37. The number of hydrogen-bond acceptors (Lipinski definition) is 7. The lowest BCUT2D eigenvalue weighted by Crippen LogP contribution is -2.72. The van der Waals surface area contributed by atoms with Crippen LogP contribution < -0.4 is 5.32 Å². The number of allylic oxidation sites excluding steroid dienone is 1. The maximum Gasteiger partial charge on any atom is 0.0730 e. The largest absolute Gasteiger partial charge is 0.379 e. The third kappa shape index (κ3) is 5.65. The Balaban J connectivity index is 1.48. The molecule has 7 nitrogen and oxygen atoms in total. The van der Waals surface area contributed by atoms with E-state index in [2.05, 4.69) is 49.0 Å². The smallest absolute Gasteiger partial charge is 0.0730 e. The van der Waals surface area contributed by atoms with E-state index in [9.17, 15) is 0 Å². The summed E-state index contributed by atoms with van der Waals surface area (Å²) in [6.07, 6.45) is 13.1. The quantitative estimate of drug-likeness (QED) is 0.574. The van der Waals surface area contributed by atoms with Crippen molar-refractivity contribution in [1.29, 1.82) is 0 Å². The number of hydrogen-bond donors (Lipinski definition) is 1. The molecule has 0 radical (unpaired) electrons. The molecule has 0 aliphatic carbocycles. The summed E-state index contributed by atoms with van der Waals surface area (Å²) in [5.74, 6) is 0. The summed E-state index contributed by atoms with van der Waals surface area (Å²) in [5, 5.41) is 3.55. The van der Waals surface area contributed by atoms with Crippen LogP contribution in [0.1, 0.15) is 45.4 Å². The first-order valence-electron chi connectivity index (χ1n) is 14.3. The summed E-state index contributed by atoms with van der Waals surface area (Å²) in [5.41, 5.74) is 0.347. The Morgan fingerprint density at radius 2 is 1.29 bits per heavy atom. The fourth-order valence-electron chi connectivity index (χ4n) is 7.25. The van der Waals surface area contributed by atoms with Crippen molar-refractivity contribution in [2.24, 2.45) is 5.41 Å². The lowest BCUT2D eigenvalue weighted by Gasteiger charge is -2.61. The maximum atomic E-state index is 5.78. The number of nitrogens with one attached hydrogen (secondary N) is 1. The van der Waals surface area contributed by atoms with E-state index in [1.807, 2.05) is 0 Å². The highest BCUT2D eigenvalue weighted by Gasteiger charge is 2.55. The van der Waals surface area contributed by atoms with Crippen molar-refractivity contribution >= 4 is 0 Å². The van der Waals surface area contributed by atoms with Crippen LogP contribution in [0.2, 0.25) is 0 Å². The van der Waals surface area contributed by atoms with Gasteiger partial charge in [0, 0.05) is 64.3 Å². The monoisotopic (exact) mass is 474 g/mol. The van der Waals surface area contributed by atoms with Gasteiger partial charge in [-0.15, -0.1) is 0 Å².